The van der Waals surface area contributed by atoms with Crippen molar-refractivity contribution in [2.24, 2.45) is 0 Å². The number of aliphatic carboxylic acids is 1. The molecule has 7 heteroatoms. The van der Waals surface area contributed by atoms with Crippen molar-refractivity contribution < 1.29 is 23.1 Å². The Kier molecular flexibility index (Phi) is 5.48. The minimum atomic E-state index is -3.45. The topological polar surface area (TPSA) is 101 Å². The molecule has 0 aromatic heterocycles. The van der Waals surface area contributed by atoms with E-state index in [0.29, 0.717) is 12.0 Å². The molecular formula is C14H19NO5S. The van der Waals surface area contributed by atoms with Gasteiger partial charge in [0.25, 0.3) is 5.91 Å². The zero-order valence-corrected chi connectivity index (χ0v) is 13.0. The van der Waals surface area contributed by atoms with Crippen LogP contribution in [0.4, 0.5) is 0 Å². The molecule has 116 valence electrons. The first-order valence-corrected chi connectivity index (χ1v) is 8.46. The summed E-state index contributed by atoms with van der Waals surface area (Å²) in [6.07, 6.45) is 1.85. The van der Waals surface area contributed by atoms with E-state index in [1.165, 1.54) is 12.1 Å². The fraction of sp³-hybridized carbons (Fsp3) is 0.429. The molecule has 0 bridgehead atoms. The lowest BCUT2D eigenvalue weighted by atomic mass is 10.1. The average molecular weight is 313 g/mol. The van der Waals surface area contributed by atoms with E-state index < -0.39 is 27.8 Å². The van der Waals surface area contributed by atoms with E-state index in [1.54, 1.807) is 13.0 Å². The van der Waals surface area contributed by atoms with Crippen LogP contribution in [0.5, 0.6) is 0 Å². The molecular weight excluding hydrogens is 294 g/mol. The van der Waals surface area contributed by atoms with Gasteiger partial charge in [-0.2, -0.15) is 0 Å². The van der Waals surface area contributed by atoms with Crippen LogP contribution >= 0.6 is 0 Å². The van der Waals surface area contributed by atoms with E-state index in [1.807, 2.05) is 6.92 Å². The average Bonchev–Trinajstić information content (AvgIpc) is 2.42. The zero-order valence-electron chi connectivity index (χ0n) is 12.2. The number of hydrogen-bond acceptors (Lipinski definition) is 4. The Morgan fingerprint density at radius 3 is 2.33 bits per heavy atom. The van der Waals surface area contributed by atoms with Crippen LogP contribution in [0.25, 0.3) is 0 Å². The van der Waals surface area contributed by atoms with Crippen LogP contribution in [0.2, 0.25) is 0 Å². The van der Waals surface area contributed by atoms with Crippen molar-refractivity contribution in [1.29, 1.82) is 0 Å². The summed E-state index contributed by atoms with van der Waals surface area (Å²) in [5.74, 6) is -1.73. The Labute approximate surface area is 124 Å². The molecule has 0 aliphatic rings. The molecule has 0 radical (unpaired) electrons. The van der Waals surface area contributed by atoms with Crippen LogP contribution in [0.15, 0.2) is 23.1 Å². The van der Waals surface area contributed by atoms with Crippen molar-refractivity contribution in [2.75, 3.05) is 6.26 Å². The Hall–Kier alpha value is -1.89. The quantitative estimate of drug-likeness (QED) is 0.823. The first-order valence-electron chi connectivity index (χ1n) is 6.57. The van der Waals surface area contributed by atoms with Crippen molar-refractivity contribution >= 4 is 21.7 Å². The van der Waals surface area contributed by atoms with Gasteiger partial charge in [-0.25, -0.2) is 13.2 Å². The number of amides is 1. The van der Waals surface area contributed by atoms with E-state index in [-0.39, 0.29) is 16.9 Å². The maximum Gasteiger partial charge on any atom is 0.326 e. The molecule has 2 N–H and O–H groups in total. The van der Waals surface area contributed by atoms with Crippen molar-refractivity contribution in [1.82, 2.24) is 5.32 Å². The maximum absolute atomic E-state index is 12.0. The molecule has 0 heterocycles. The molecule has 1 unspecified atom stereocenters. The SMILES string of the molecule is CCc1ccc(C(=O)NC(CC)C(=O)O)cc1S(C)(=O)=O. The van der Waals surface area contributed by atoms with Gasteiger partial charge in [0.1, 0.15) is 6.04 Å². The highest BCUT2D eigenvalue weighted by Gasteiger charge is 2.20. The molecule has 0 aliphatic carbocycles. The summed E-state index contributed by atoms with van der Waals surface area (Å²) in [6, 6.07) is 3.37. The van der Waals surface area contributed by atoms with Crippen molar-refractivity contribution in [3.8, 4) is 0 Å². The molecule has 1 rings (SSSR count). The predicted molar refractivity (Wildman–Crippen MR) is 78.1 cm³/mol. The molecule has 1 atom stereocenters. The highest BCUT2D eigenvalue weighted by atomic mass is 32.2. The molecule has 1 amide bonds. The summed E-state index contributed by atoms with van der Waals surface area (Å²) in [5, 5.41) is 11.3. The summed E-state index contributed by atoms with van der Waals surface area (Å²) in [7, 11) is -3.45. The van der Waals surface area contributed by atoms with Gasteiger partial charge >= 0.3 is 5.97 Å². The summed E-state index contributed by atoms with van der Waals surface area (Å²) in [5.41, 5.74) is 0.756. The van der Waals surface area contributed by atoms with E-state index >= 15 is 0 Å². The third-order valence-electron chi connectivity index (χ3n) is 3.12. The van der Waals surface area contributed by atoms with Crippen molar-refractivity contribution in [3.05, 3.63) is 29.3 Å². The van der Waals surface area contributed by atoms with Gasteiger partial charge in [0, 0.05) is 11.8 Å². The molecule has 21 heavy (non-hydrogen) atoms. The number of aryl methyl sites for hydroxylation is 1. The number of nitrogens with one attached hydrogen (secondary N) is 1. The predicted octanol–water partition coefficient (Wildman–Crippen LogP) is 1.25. The minimum absolute atomic E-state index is 0.0982. The van der Waals surface area contributed by atoms with Gasteiger partial charge in [0.2, 0.25) is 0 Å². The van der Waals surface area contributed by atoms with Crippen LogP contribution in [-0.4, -0.2) is 37.7 Å². The number of benzene rings is 1. The lowest BCUT2D eigenvalue weighted by Gasteiger charge is -2.13. The van der Waals surface area contributed by atoms with E-state index in [2.05, 4.69) is 5.32 Å². The molecule has 1 aromatic carbocycles. The number of carboxylic acid groups (broad SMARTS) is 1. The van der Waals surface area contributed by atoms with Crippen LogP contribution in [-0.2, 0) is 21.1 Å². The highest BCUT2D eigenvalue weighted by molar-refractivity contribution is 7.90. The van der Waals surface area contributed by atoms with Gasteiger partial charge in [-0.05, 0) is 30.5 Å². The Balaban J connectivity index is 3.15. The summed E-state index contributed by atoms with van der Waals surface area (Å²) < 4.78 is 23.5. The van der Waals surface area contributed by atoms with Crippen LogP contribution in [0, 0.1) is 0 Å². The summed E-state index contributed by atoms with van der Waals surface area (Å²) in [4.78, 5) is 23.0. The normalized spacial score (nSPS) is 12.7. The van der Waals surface area contributed by atoms with Gasteiger partial charge in [-0.1, -0.05) is 19.9 Å². The number of sulfone groups is 1. The number of carbonyl (C=O) groups is 2. The van der Waals surface area contributed by atoms with Crippen LogP contribution in [0.1, 0.15) is 36.2 Å². The van der Waals surface area contributed by atoms with Crippen molar-refractivity contribution in [3.63, 3.8) is 0 Å². The Morgan fingerprint density at radius 1 is 1.29 bits per heavy atom. The first kappa shape index (κ1) is 17.2. The second-order valence-corrected chi connectivity index (χ2v) is 6.70. The van der Waals surface area contributed by atoms with E-state index in [9.17, 15) is 18.0 Å². The van der Waals surface area contributed by atoms with Gasteiger partial charge in [-0.15, -0.1) is 0 Å². The smallest absolute Gasteiger partial charge is 0.326 e. The standard InChI is InChI=1S/C14H19NO5S/c1-4-9-6-7-10(8-12(9)21(3,19)20)13(16)15-11(5-2)14(17)18/h6-8,11H,4-5H2,1-3H3,(H,15,16)(H,17,18). The number of rotatable bonds is 6. The minimum Gasteiger partial charge on any atom is -0.480 e. The fourth-order valence-corrected chi connectivity index (χ4v) is 2.94. The fourth-order valence-electron chi connectivity index (χ4n) is 1.91. The lowest BCUT2D eigenvalue weighted by Crippen LogP contribution is -2.40. The van der Waals surface area contributed by atoms with E-state index in [4.69, 9.17) is 5.11 Å². The lowest BCUT2D eigenvalue weighted by molar-refractivity contribution is -0.139. The largest absolute Gasteiger partial charge is 0.480 e. The second kappa shape index (κ2) is 6.71. The number of hydrogen-bond donors (Lipinski definition) is 2. The van der Waals surface area contributed by atoms with Crippen molar-refractivity contribution in [2.45, 2.75) is 37.6 Å². The summed E-state index contributed by atoms with van der Waals surface area (Å²) in [6.45, 7) is 3.46. The highest BCUT2D eigenvalue weighted by Crippen LogP contribution is 2.18. The molecule has 0 fully saturated rings. The van der Waals surface area contributed by atoms with E-state index in [0.717, 1.165) is 6.26 Å². The monoisotopic (exact) mass is 313 g/mol. The van der Waals surface area contributed by atoms with Gasteiger partial charge in [0.15, 0.2) is 9.84 Å². The molecule has 0 saturated carbocycles. The Bertz CT molecular complexity index is 651. The number of carboxylic acids is 1. The number of carbonyl (C=O) groups excluding carboxylic acids is 1. The molecule has 1 aromatic rings. The third kappa shape index (κ3) is 4.29. The van der Waals surface area contributed by atoms with Crippen LogP contribution in [0.3, 0.4) is 0 Å². The molecule has 0 aliphatic heterocycles. The van der Waals surface area contributed by atoms with Gasteiger partial charge in [-0.3, -0.25) is 4.79 Å². The molecule has 0 spiro atoms. The summed E-state index contributed by atoms with van der Waals surface area (Å²) >= 11 is 0. The van der Waals surface area contributed by atoms with Gasteiger partial charge in [0.05, 0.1) is 4.90 Å². The molecule has 6 nitrogen and oxygen atoms in total. The van der Waals surface area contributed by atoms with Gasteiger partial charge < -0.3 is 10.4 Å². The Morgan fingerprint density at radius 2 is 1.90 bits per heavy atom. The second-order valence-electron chi connectivity index (χ2n) is 4.72. The zero-order chi connectivity index (χ0) is 16.2. The first-order chi connectivity index (χ1) is 9.70. The molecule has 0 saturated heterocycles. The third-order valence-corrected chi connectivity index (χ3v) is 4.30. The van der Waals surface area contributed by atoms with Crippen LogP contribution < -0.4 is 5.32 Å². The maximum atomic E-state index is 12.0.